The number of fused-ring (bicyclic) bond motifs is 1. The predicted octanol–water partition coefficient (Wildman–Crippen LogP) is 7.25. The summed E-state index contributed by atoms with van der Waals surface area (Å²) in [5.74, 6) is -2.67. The van der Waals surface area contributed by atoms with Crippen molar-refractivity contribution in [1.29, 1.82) is 0 Å². The Morgan fingerprint density at radius 2 is 1.62 bits per heavy atom. The lowest BCUT2D eigenvalue weighted by atomic mass is 10.1. The van der Waals surface area contributed by atoms with Gasteiger partial charge in [0.1, 0.15) is 11.5 Å². The number of carbonyl (C=O) groups is 3. The van der Waals surface area contributed by atoms with E-state index in [0.717, 1.165) is 6.07 Å². The van der Waals surface area contributed by atoms with E-state index in [1.807, 2.05) is 0 Å². The van der Waals surface area contributed by atoms with Crippen LogP contribution in [0.1, 0.15) is 52.7 Å². The van der Waals surface area contributed by atoms with Crippen molar-refractivity contribution < 1.29 is 31.9 Å². The number of alkyl halides is 3. The summed E-state index contributed by atoms with van der Waals surface area (Å²) in [5.41, 5.74) is 0.501. The number of aryl methyl sites for hydroxylation is 1. The van der Waals surface area contributed by atoms with E-state index in [1.165, 1.54) is 6.07 Å². The van der Waals surface area contributed by atoms with Gasteiger partial charge in [-0.25, -0.2) is 4.39 Å². The van der Waals surface area contributed by atoms with E-state index in [9.17, 15) is 31.9 Å². The van der Waals surface area contributed by atoms with Crippen LogP contribution in [0.5, 0.6) is 0 Å². The standard InChI is InChI=1S/C30H27ClF4N4O3/c1-4-39-25-8-6-21(37-28(41)23-9-17(5-7-24(23)31)15-36-27(40)16(2)3)10-18(25)11-26(39)29(42)38-22-13-19(30(33,34)35)12-20(32)14-22/h5-14,16H,4,15H2,1-3H3,(H,36,40)(H,37,41)(H,38,42). The number of nitrogens with one attached hydrogen (secondary N) is 3. The third-order valence-electron chi connectivity index (χ3n) is 6.46. The molecule has 3 N–H and O–H groups in total. The Labute approximate surface area is 243 Å². The number of hydrogen-bond donors (Lipinski definition) is 3. The van der Waals surface area contributed by atoms with Gasteiger partial charge in [0.25, 0.3) is 11.8 Å². The SMILES string of the molecule is CCn1c(C(=O)Nc2cc(F)cc(C(F)(F)F)c2)cc2cc(NC(=O)c3cc(CNC(=O)C(C)C)ccc3Cl)ccc21. The van der Waals surface area contributed by atoms with Gasteiger partial charge in [0.15, 0.2) is 0 Å². The quantitative estimate of drug-likeness (QED) is 0.186. The Hall–Kier alpha value is -4.38. The molecule has 0 aliphatic heterocycles. The minimum Gasteiger partial charge on any atom is -0.352 e. The molecule has 0 radical (unpaired) electrons. The second kappa shape index (κ2) is 12.2. The summed E-state index contributed by atoms with van der Waals surface area (Å²) in [6, 6.07) is 13.2. The number of carbonyl (C=O) groups excluding carboxylic acids is 3. The Balaban J connectivity index is 1.56. The molecule has 12 heteroatoms. The van der Waals surface area contributed by atoms with E-state index in [4.69, 9.17) is 11.6 Å². The van der Waals surface area contributed by atoms with Gasteiger partial charge in [-0.05, 0) is 67.1 Å². The Bertz CT molecular complexity index is 1680. The third-order valence-corrected chi connectivity index (χ3v) is 6.79. The van der Waals surface area contributed by atoms with Gasteiger partial charge in [-0.3, -0.25) is 14.4 Å². The molecular weight excluding hydrogens is 576 g/mol. The summed E-state index contributed by atoms with van der Waals surface area (Å²) >= 11 is 6.27. The molecule has 7 nitrogen and oxygen atoms in total. The zero-order valence-corrected chi connectivity index (χ0v) is 23.6. The fourth-order valence-electron chi connectivity index (χ4n) is 4.35. The molecule has 3 amide bonds. The molecule has 0 saturated carbocycles. The van der Waals surface area contributed by atoms with Gasteiger partial charge < -0.3 is 20.5 Å². The van der Waals surface area contributed by atoms with Gasteiger partial charge in [-0.15, -0.1) is 0 Å². The van der Waals surface area contributed by atoms with Crippen LogP contribution in [0.3, 0.4) is 0 Å². The minimum absolute atomic E-state index is 0.127. The van der Waals surface area contributed by atoms with E-state index in [-0.39, 0.29) is 40.3 Å². The minimum atomic E-state index is -4.78. The lowest BCUT2D eigenvalue weighted by Crippen LogP contribution is -2.27. The van der Waals surface area contributed by atoms with E-state index < -0.39 is 29.4 Å². The van der Waals surface area contributed by atoms with Gasteiger partial charge in [0.05, 0.1) is 16.1 Å². The van der Waals surface area contributed by atoms with Gasteiger partial charge in [0.2, 0.25) is 5.91 Å². The number of amides is 3. The van der Waals surface area contributed by atoms with Crippen molar-refractivity contribution in [1.82, 2.24) is 9.88 Å². The van der Waals surface area contributed by atoms with Crippen LogP contribution in [-0.2, 0) is 24.1 Å². The average Bonchev–Trinajstić information content (AvgIpc) is 3.29. The molecule has 0 aliphatic rings. The van der Waals surface area contributed by atoms with E-state index in [1.54, 1.807) is 61.7 Å². The Kier molecular flexibility index (Phi) is 8.91. The first kappa shape index (κ1) is 30.6. The zero-order valence-electron chi connectivity index (χ0n) is 22.8. The van der Waals surface area contributed by atoms with Gasteiger partial charge in [0, 0.05) is 41.3 Å². The van der Waals surface area contributed by atoms with Crippen LogP contribution in [0.2, 0.25) is 5.02 Å². The summed E-state index contributed by atoms with van der Waals surface area (Å²) < 4.78 is 54.8. The molecule has 0 bridgehead atoms. The van der Waals surface area contributed by atoms with E-state index >= 15 is 0 Å². The van der Waals surface area contributed by atoms with Gasteiger partial charge in [-0.1, -0.05) is 31.5 Å². The molecule has 42 heavy (non-hydrogen) atoms. The normalized spacial score (nSPS) is 11.5. The van der Waals surface area contributed by atoms with Crippen LogP contribution in [0.4, 0.5) is 28.9 Å². The molecule has 0 saturated heterocycles. The highest BCUT2D eigenvalue weighted by atomic mass is 35.5. The lowest BCUT2D eigenvalue weighted by Gasteiger charge is -2.12. The predicted molar refractivity (Wildman–Crippen MR) is 153 cm³/mol. The molecular formula is C30H27ClF4N4O3. The van der Waals surface area contributed by atoms with Crippen LogP contribution in [-0.4, -0.2) is 22.3 Å². The summed E-state index contributed by atoms with van der Waals surface area (Å²) in [6.07, 6.45) is -4.78. The van der Waals surface area contributed by atoms with Crippen molar-refractivity contribution in [2.75, 3.05) is 10.6 Å². The van der Waals surface area contributed by atoms with Crippen molar-refractivity contribution >= 4 is 51.6 Å². The molecule has 0 atom stereocenters. The molecule has 0 spiro atoms. The van der Waals surface area contributed by atoms with Crippen molar-refractivity contribution in [3.8, 4) is 0 Å². The highest BCUT2D eigenvalue weighted by molar-refractivity contribution is 6.34. The van der Waals surface area contributed by atoms with Crippen molar-refractivity contribution in [2.45, 2.75) is 40.0 Å². The third kappa shape index (κ3) is 6.91. The van der Waals surface area contributed by atoms with Crippen molar-refractivity contribution in [3.63, 3.8) is 0 Å². The molecule has 0 fully saturated rings. The maximum absolute atomic E-state index is 13.8. The van der Waals surface area contributed by atoms with Gasteiger partial charge in [-0.2, -0.15) is 13.2 Å². The van der Waals surface area contributed by atoms with E-state index in [2.05, 4.69) is 16.0 Å². The Morgan fingerprint density at radius 1 is 0.905 bits per heavy atom. The number of nitrogens with zero attached hydrogens (tertiary/aromatic N) is 1. The van der Waals surface area contributed by atoms with Crippen molar-refractivity contribution in [3.05, 3.63) is 93.9 Å². The number of anilines is 2. The zero-order chi connectivity index (χ0) is 30.8. The first-order valence-corrected chi connectivity index (χ1v) is 13.3. The smallest absolute Gasteiger partial charge is 0.352 e. The Morgan fingerprint density at radius 3 is 2.29 bits per heavy atom. The molecule has 1 aromatic heterocycles. The molecule has 4 rings (SSSR count). The molecule has 4 aromatic rings. The summed E-state index contributed by atoms with van der Waals surface area (Å²) in [4.78, 5) is 38.0. The average molecular weight is 603 g/mol. The number of benzene rings is 3. The molecule has 0 aliphatic carbocycles. The number of hydrogen-bond acceptors (Lipinski definition) is 3. The summed E-state index contributed by atoms with van der Waals surface area (Å²) in [7, 11) is 0. The van der Waals surface area contributed by atoms with Gasteiger partial charge >= 0.3 is 6.18 Å². The fourth-order valence-corrected chi connectivity index (χ4v) is 4.55. The lowest BCUT2D eigenvalue weighted by molar-refractivity contribution is -0.137. The van der Waals surface area contributed by atoms with Crippen molar-refractivity contribution in [2.24, 2.45) is 5.92 Å². The highest BCUT2D eigenvalue weighted by Crippen LogP contribution is 2.32. The highest BCUT2D eigenvalue weighted by Gasteiger charge is 2.31. The van der Waals surface area contributed by atoms with Crippen LogP contribution in [0.15, 0.2) is 60.7 Å². The largest absolute Gasteiger partial charge is 0.416 e. The first-order chi connectivity index (χ1) is 19.8. The second-order valence-corrected chi connectivity index (χ2v) is 10.3. The van der Waals surface area contributed by atoms with Crippen LogP contribution < -0.4 is 16.0 Å². The topological polar surface area (TPSA) is 92.2 Å². The molecule has 220 valence electrons. The monoisotopic (exact) mass is 602 g/mol. The maximum Gasteiger partial charge on any atom is 0.416 e. The van der Waals surface area contributed by atoms with Crippen LogP contribution in [0, 0.1) is 11.7 Å². The number of halogens is 5. The number of aromatic nitrogens is 1. The first-order valence-electron chi connectivity index (χ1n) is 13.0. The molecule has 3 aromatic carbocycles. The molecule has 1 heterocycles. The summed E-state index contributed by atoms with van der Waals surface area (Å²) in [6.45, 7) is 5.91. The molecule has 0 unspecified atom stereocenters. The second-order valence-electron chi connectivity index (χ2n) is 9.87. The maximum atomic E-state index is 13.8. The van der Waals surface area contributed by atoms with Crippen LogP contribution in [0.25, 0.3) is 10.9 Å². The summed E-state index contributed by atoms with van der Waals surface area (Å²) in [5, 5.41) is 8.69. The fraction of sp³-hybridized carbons (Fsp3) is 0.233. The van der Waals surface area contributed by atoms with E-state index in [0.29, 0.717) is 40.8 Å². The number of rotatable bonds is 8. The van der Waals surface area contributed by atoms with Crippen LogP contribution >= 0.6 is 11.6 Å².